The van der Waals surface area contributed by atoms with Crippen LogP contribution in [0.5, 0.6) is 0 Å². The van der Waals surface area contributed by atoms with E-state index in [1.165, 1.54) is 0 Å². The highest BCUT2D eigenvalue weighted by Gasteiger charge is 2.10. The highest BCUT2D eigenvalue weighted by molar-refractivity contribution is 7.99. The second-order valence-corrected chi connectivity index (χ2v) is 5.28. The molecule has 0 bridgehead atoms. The molecule has 0 saturated carbocycles. The predicted molar refractivity (Wildman–Crippen MR) is 82.5 cm³/mol. The zero-order chi connectivity index (χ0) is 15.2. The highest BCUT2D eigenvalue weighted by Crippen LogP contribution is 2.33. The first-order valence-electron chi connectivity index (χ1n) is 6.49. The molecule has 0 unspecified atom stereocenters. The predicted octanol–water partition coefficient (Wildman–Crippen LogP) is 4.28. The molecule has 0 aliphatic heterocycles. The Bertz CT molecular complexity index is 607. The number of rotatable bonds is 6. The number of aryl methyl sites for hydroxylation is 1. The van der Waals surface area contributed by atoms with Gasteiger partial charge in [-0.25, -0.2) is 4.98 Å². The number of halogens is 2. The van der Waals surface area contributed by atoms with Crippen LogP contribution in [0.2, 0.25) is 0 Å². The standard InChI is InChI=1S/C14H16F2N4S/c1-3-17-14-18-9(2)8-12(20-14)19-10-6-4-5-7-11(10)21-13(15)16/h4-8,13H,3H2,1-2H3,(H2,17,18,19,20). The van der Waals surface area contributed by atoms with Gasteiger partial charge < -0.3 is 10.6 Å². The van der Waals surface area contributed by atoms with Gasteiger partial charge in [0, 0.05) is 23.2 Å². The molecule has 2 rings (SSSR count). The second kappa shape index (κ2) is 7.21. The summed E-state index contributed by atoms with van der Waals surface area (Å²) in [5, 5.41) is 6.11. The van der Waals surface area contributed by atoms with E-state index in [4.69, 9.17) is 0 Å². The molecule has 0 spiro atoms. The molecule has 0 fully saturated rings. The monoisotopic (exact) mass is 310 g/mol. The zero-order valence-corrected chi connectivity index (χ0v) is 12.5. The minimum Gasteiger partial charge on any atom is -0.354 e. The summed E-state index contributed by atoms with van der Waals surface area (Å²) in [4.78, 5) is 9.04. The number of hydrogen-bond donors (Lipinski definition) is 2. The SMILES string of the molecule is CCNc1nc(C)cc(Nc2ccccc2SC(F)F)n1. The number of benzene rings is 1. The van der Waals surface area contributed by atoms with E-state index in [0.717, 1.165) is 5.69 Å². The summed E-state index contributed by atoms with van der Waals surface area (Å²) in [6.45, 7) is 4.52. The number of para-hydroxylation sites is 1. The highest BCUT2D eigenvalue weighted by atomic mass is 32.2. The van der Waals surface area contributed by atoms with Crippen molar-refractivity contribution in [2.24, 2.45) is 0 Å². The van der Waals surface area contributed by atoms with Gasteiger partial charge in [-0.15, -0.1) is 0 Å². The van der Waals surface area contributed by atoms with Crippen LogP contribution in [0.1, 0.15) is 12.6 Å². The molecule has 7 heteroatoms. The van der Waals surface area contributed by atoms with Crippen molar-refractivity contribution < 1.29 is 8.78 Å². The minimum atomic E-state index is -2.46. The Morgan fingerprint density at radius 1 is 1.24 bits per heavy atom. The number of aromatic nitrogens is 2. The van der Waals surface area contributed by atoms with E-state index in [0.29, 0.717) is 40.7 Å². The van der Waals surface area contributed by atoms with Crippen molar-refractivity contribution in [3.05, 3.63) is 36.0 Å². The van der Waals surface area contributed by atoms with E-state index in [1.54, 1.807) is 30.3 Å². The first kappa shape index (κ1) is 15.5. The number of hydrogen-bond acceptors (Lipinski definition) is 5. The molecule has 2 aromatic rings. The van der Waals surface area contributed by atoms with Gasteiger partial charge in [0.2, 0.25) is 5.95 Å². The Morgan fingerprint density at radius 2 is 2.00 bits per heavy atom. The molecule has 1 heterocycles. The number of nitrogens with zero attached hydrogens (tertiary/aromatic N) is 2. The smallest absolute Gasteiger partial charge is 0.288 e. The van der Waals surface area contributed by atoms with E-state index in [1.807, 2.05) is 13.8 Å². The van der Waals surface area contributed by atoms with Crippen LogP contribution >= 0.6 is 11.8 Å². The Hall–Kier alpha value is -1.89. The van der Waals surface area contributed by atoms with Crippen LogP contribution < -0.4 is 10.6 Å². The van der Waals surface area contributed by atoms with Crippen molar-refractivity contribution in [3.8, 4) is 0 Å². The van der Waals surface area contributed by atoms with Crippen molar-refractivity contribution in [1.82, 2.24) is 9.97 Å². The van der Waals surface area contributed by atoms with Crippen LogP contribution in [0, 0.1) is 6.92 Å². The maximum atomic E-state index is 12.6. The van der Waals surface area contributed by atoms with Crippen molar-refractivity contribution in [2.45, 2.75) is 24.5 Å². The lowest BCUT2D eigenvalue weighted by atomic mass is 10.3. The summed E-state index contributed by atoms with van der Waals surface area (Å²) < 4.78 is 25.1. The van der Waals surface area contributed by atoms with E-state index < -0.39 is 5.76 Å². The van der Waals surface area contributed by atoms with Crippen LogP contribution in [-0.4, -0.2) is 22.3 Å². The van der Waals surface area contributed by atoms with Crippen LogP contribution in [-0.2, 0) is 0 Å². The molecule has 4 nitrogen and oxygen atoms in total. The third kappa shape index (κ3) is 4.56. The maximum Gasteiger partial charge on any atom is 0.288 e. The normalized spacial score (nSPS) is 10.7. The minimum absolute atomic E-state index is 0.480. The number of anilines is 3. The lowest BCUT2D eigenvalue weighted by Crippen LogP contribution is -2.05. The molecular weight excluding hydrogens is 294 g/mol. The lowest BCUT2D eigenvalue weighted by Gasteiger charge is -2.12. The van der Waals surface area contributed by atoms with Gasteiger partial charge in [0.25, 0.3) is 5.76 Å². The third-order valence-electron chi connectivity index (χ3n) is 2.55. The first-order chi connectivity index (χ1) is 10.1. The lowest BCUT2D eigenvalue weighted by molar-refractivity contribution is 0.252. The summed E-state index contributed by atoms with van der Waals surface area (Å²) in [6, 6.07) is 8.68. The number of alkyl halides is 2. The molecule has 0 saturated heterocycles. The fraction of sp³-hybridized carbons (Fsp3) is 0.286. The summed E-state index contributed by atoms with van der Waals surface area (Å²) in [5.74, 6) is -1.38. The van der Waals surface area contributed by atoms with E-state index in [-0.39, 0.29) is 0 Å². The van der Waals surface area contributed by atoms with Gasteiger partial charge >= 0.3 is 0 Å². The second-order valence-electron chi connectivity index (χ2n) is 4.25. The summed E-state index contributed by atoms with van der Waals surface area (Å²) in [5.41, 5.74) is 1.39. The molecule has 21 heavy (non-hydrogen) atoms. The van der Waals surface area contributed by atoms with Gasteiger partial charge in [-0.3, -0.25) is 0 Å². The van der Waals surface area contributed by atoms with Gasteiger partial charge in [0.1, 0.15) is 5.82 Å². The van der Waals surface area contributed by atoms with E-state index in [9.17, 15) is 8.78 Å². The fourth-order valence-electron chi connectivity index (χ4n) is 1.78. The van der Waals surface area contributed by atoms with Crippen molar-refractivity contribution in [1.29, 1.82) is 0 Å². The van der Waals surface area contributed by atoms with Crippen LogP contribution in [0.15, 0.2) is 35.2 Å². The van der Waals surface area contributed by atoms with Gasteiger partial charge in [0.15, 0.2) is 0 Å². The average Bonchev–Trinajstić information content (AvgIpc) is 2.40. The van der Waals surface area contributed by atoms with Crippen LogP contribution in [0.25, 0.3) is 0 Å². The van der Waals surface area contributed by atoms with Crippen molar-refractivity contribution >= 4 is 29.2 Å². The summed E-state index contributed by atoms with van der Waals surface area (Å²) in [6.07, 6.45) is 0. The molecule has 0 atom stereocenters. The Kier molecular flexibility index (Phi) is 5.32. The molecular formula is C14H16F2N4S. The number of thioether (sulfide) groups is 1. The third-order valence-corrected chi connectivity index (χ3v) is 3.34. The molecule has 0 amide bonds. The van der Waals surface area contributed by atoms with Crippen LogP contribution in [0.3, 0.4) is 0 Å². The molecule has 112 valence electrons. The summed E-state index contributed by atoms with van der Waals surface area (Å²) >= 11 is 0.508. The summed E-state index contributed by atoms with van der Waals surface area (Å²) in [7, 11) is 0. The van der Waals surface area contributed by atoms with Gasteiger partial charge in [-0.1, -0.05) is 23.9 Å². The Balaban J connectivity index is 2.25. The topological polar surface area (TPSA) is 49.8 Å². The molecule has 0 radical (unpaired) electrons. The zero-order valence-electron chi connectivity index (χ0n) is 11.7. The Morgan fingerprint density at radius 3 is 2.71 bits per heavy atom. The average molecular weight is 310 g/mol. The number of nitrogens with one attached hydrogen (secondary N) is 2. The van der Waals surface area contributed by atoms with Crippen molar-refractivity contribution in [3.63, 3.8) is 0 Å². The van der Waals surface area contributed by atoms with Gasteiger partial charge in [-0.05, 0) is 26.0 Å². The van der Waals surface area contributed by atoms with Gasteiger partial charge in [-0.2, -0.15) is 13.8 Å². The fourth-order valence-corrected chi connectivity index (χ4v) is 2.37. The largest absolute Gasteiger partial charge is 0.354 e. The molecule has 2 N–H and O–H groups in total. The van der Waals surface area contributed by atoms with Crippen LogP contribution in [0.4, 0.5) is 26.2 Å². The molecule has 1 aromatic carbocycles. The molecule has 1 aromatic heterocycles. The quantitative estimate of drug-likeness (QED) is 0.780. The maximum absolute atomic E-state index is 12.6. The van der Waals surface area contributed by atoms with E-state index in [2.05, 4.69) is 20.6 Å². The van der Waals surface area contributed by atoms with Gasteiger partial charge in [0.05, 0.1) is 5.69 Å². The molecule has 0 aliphatic rings. The van der Waals surface area contributed by atoms with E-state index >= 15 is 0 Å². The first-order valence-corrected chi connectivity index (χ1v) is 7.37. The van der Waals surface area contributed by atoms with Crippen molar-refractivity contribution in [2.75, 3.05) is 17.2 Å². The Labute approximate surface area is 126 Å². The molecule has 0 aliphatic carbocycles.